The number of ether oxygens (including phenoxy) is 2. The summed E-state index contributed by atoms with van der Waals surface area (Å²) in [7, 11) is 0. The summed E-state index contributed by atoms with van der Waals surface area (Å²) >= 11 is 3.81. The Morgan fingerprint density at radius 1 is 0.400 bits per heavy atom. The number of fused-ring (bicyclic) bond motifs is 16. The van der Waals surface area contributed by atoms with Gasteiger partial charge in [0.25, 0.3) is 6.71 Å². The van der Waals surface area contributed by atoms with E-state index in [2.05, 4.69) is 187 Å². The van der Waals surface area contributed by atoms with E-state index >= 15 is 0 Å². The third kappa shape index (κ3) is 4.49. The predicted molar refractivity (Wildman–Crippen MR) is 255 cm³/mol. The molecule has 60 heavy (non-hydrogen) atoms. The summed E-state index contributed by atoms with van der Waals surface area (Å²) in [6.07, 6.45) is 0. The zero-order chi connectivity index (χ0) is 39.1. The van der Waals surface area contributed by atoms with Gasteiger partial charge in [-0.1, -0.05) is 140 Å². The van der Waals surface area contributed by atoms with Crippen LogP contribution in [0.3, 0.4) is 0 Å². The Morgan fingerprint density at radius 3 is 1.47 bits per heavy atom. The summed E-state index contributed by atoms with van der Waals surface area (Å²) in [6.45, 7) is -0.0601. The highest BCUT2D eigenvalue weighted by molar-refractivity contribution is 7.30. The van der Waals surface area contributed by atoms with Crippen molar-refractivity contribution in [3.63, 3.8) is 0 Å². The first-order valence-electron chi connectivity index (χ1n) is 20.4. The van der Waals surface area contributed by atoms with E-state index in [1.165, 1.54) is 56.6 Å². The van der Waals surface area contributed by atoms with Gasteiger partial charge >= 0.3 is 0 Å². The minimum Gasteiger partial charge on any atom is -0.458 e. The molecule has 12 aromatic rings. The number of para-hydroxylation sites is 1. The molecule has 3 aromatic heterocycles. The van der Waals surface area contributed by atoms with Gasteiger partial charge in [-0.2, -0.15) is 0 Å². The van der Waals surface area contributed by atoms with Crippen molar-refractivity contribution in [2.45, 2.75) is 0 Å². The van der Waals surface area contributed by atoms with Crippen molar-refractivity contribution in [3.05, 3.63) is 182 Å². The average Bonchev–Trinajstić information content (AvgIpc) is 3.99. The molecular weight excluding hydrogens is 770 g/mol. The molecule has 2 aliphatic heterocycles. The lowest BCUT2D eigenvalue weighted by atomic mass is 9.34. The van der Waals surface area contributed by atoms with Gasteiger partial charge in [-0.3, -0.25) is 0 Å². The average molecular weight is 800 g/mol. The SMILES string of the molecule is c1ccc(-c2ccc3c(c2)Oc2cc(-n4c5ccccc5c5c6sc7ccccc7c6c6sc7ccccc7c6c54)cc4c2B3c2ccc(-c3ccccc3)cc2O4)cc1. The van der Waals surface area contributed by atoms with E-state index < -0.39 is 0 Å². The van der Waals surface area contributed by atoms with E-state index in [4.69, 9.17) is 9.47 Å². The second kappa shape index (κ2) is 12.2. The van der Waals surface area contributed by atoms with Crippen LogP contribution in [0, 0.1) is 0 Å². The first kappa shape index (κ1) is 32.8. The van der Waals surface area contributed by atoms with E-state index in [0.717, 1.165) is 72.8 Å². The highest BCUT2D eigenvalue weighted by atomic mass is 32.1. The van der Waals surface area contributed by atoms with E-state index in [1.54, 1.807) is 0 Å². The minimum atomic E-state index is -0.0601. The van der Waals surface area contributed by atoms with Crippen molar-refractivity contribution in [1.29, 1.82) is 0 Å². The first-order valence-corrected chi connectivity index (χ1v) is 22.0. The molecule has 0 radical (unpaired) electrons. The Hall–Kier alpha value is -7.12. The molecule has 0 amide bonds. The Kier molecular flexibility index (Phi) is 6.68. The fourth-order valence-electron chi connectivity index (χ4n) is 10.1. The Labute approximate surface area is 353 Å². The van der Waals surface area contributed by atoms with Crippen LogP contribution in [0.1, 0.15) is 0 Å². The molecule has 0 bridgehead atoms. The summed E-state index contributed by atoms with van der Waals surface area (Å²) in [5.74, 6) is 3.39. The number of hydrogen-bond donors (Lipinski definition) is 0. The topological polar surface area (TPSA) is 23.4 Å². The summed E-state index contributed by atoms with van der Waals surface area (Å²) in [5, 5.41) is 7.78. The number of aromatic nitrogens is 1. The van der Waals surface area contributed by atoms with Crippen LogP contribution in [0.25, 0.3) is 90.1 Å². The van der Waals surface area contributed by atoms with Gasteiger partial charge in [0.1, 0.15) is 23.0 Å². The van der Waals surface area contributed by atoms with Crippen LogP contribution in [-0.2, 0) is 0 Å². The molecule has 9 aromatic carbocycles. The van der Waals surface area contributed by atoms with E-state index in [0.29, 0.717) is 0 Å². The van der Waals surface area contributed by atoms with Gasteiger partial charge in [-0.25, -0.2) is 0 Å². The van der Waals surface area contributed by atoms with Crippen LogP contribution in [0.4, 0.5) is 0 Å². The van der Waals surface area contributed by atoms with Gasteiger partial charge in [0.2, 0.25) is 0 Å². The predicted octanol–water partition coefficient (Wildman–Crippen LogP) is 13.6. The minimum absolute atomic E-state index is 0.0601. The zero-order valence-corrected chi connectivity index (χ0v) is 33.6. The second-order valence-electron chi connectivity index (χ2n) is 15.9. The zero-order valence-electron chi connectivity index (χ0n) is 32.0. The normalized spacial score (nSPS) is 12.9. The van der Waals surface area contributed by atoms with E-state index in [9.17, 15) is 0 Å². The van der Waals surface area contributed by atoms with Crippen molar-refractivity contribution in [2.75, 3.05) is 0 Å². The molecule has 3 nitrogen and oxygen atoms in total. The van der Waals surface area contributed by atoms with Gasteiger partial charge in [-0.05, 0) is 63.5 Å². The van der Waals surface area contributed by atoms with Crippen molar-refractivity contribution < 1.29 is 9.47 Å². The third-order valence-electron chi connectivity index (χ3n) is 12.7. The maximum atomic E-state index is 7.12. The monoisotopic (exact) mass is 799 g/mol. The Balaban J connectivity index is 1.08. The van der Waals surface area contributed by atoms with Gasteiger partial charge in [0.15, 0.2) is 0 Å². The lowest BCUT2D eigenvalue weighted by Crippen LogP contribution is -2.57. The fourth-order valence-corrected chi connectivity index (χ4v) is 12.7. The summed E-state index contributed by atoms with van der Waals surface area (Å²) in [4.78, 5) is 0. The molecule has 0 aliphatic carbocycles. The van der Waals surface area contributed by atoms with Crippen LogP contribution in [-0.4, -0.2) is 11.3 Å². The molecule has 0 atom stereocenters. The highest BCUT2D eigenvalue weighted by Gasteiger charge is 2.41. The number of thiophene rings is 2. The Bertz CT molecular complexity index is 3640. The number of benzene rings is 9. The second-order valence-corrected chi connectivity index (χ2v) is 18.0. The quantitative estimate of drug-likeness (QED) is 0.166. The van der Waals surface area contributed by atoms with Gasteiger partial charge < -0.3 is 14.0 Å². The fraction of sp³-hybridized carbons (Fsp3) is 0. The van der Waals surface area contributed by atoms with Gasteiger partial charge in [0, 0.05) is 68.7 Å². The molecule has 278 valence electrons. The van der Waals surface area contributed by atoms with Crippen LogP contribution < -0.4 is 25.9 Å². The third-order valence-corrected chi connectivity index (χ3v) is 15.1. The van der Waals surface area contributed by atoms with Crippen molar-refractivity contribution in [1.82, 2.24) is 4.57 Å². The molecule has 0 saturated heterocycles. The number of hydrogen-bond acceptors (Lipinski definition) is 4. The number of rotatable bonds is 3. The van der Waals surface area contributed by atoms with Crippen LogP contribution in [0.5, 0.6) is 23.0 Å². The van der Waals surface area contributed by atoms with Crippen LogP contribution in [0.15, 0.2) is 182 Å². The highest BCUT2D eigenvalue weighted by Crippen LogP contribution is 2.52. The molecule has 0 spiro atoms. The van der Waals surface area contributed by atoms with E-state index in [1.807, 2.05) is 22.7 Å². The molecule has 0 unspecified atom stereocenters. The number of nitrogens with zero attached hydrogens (tertiary/aromatic N) is 1. The van der Waals surface area contributed by atoms with Crippen LogP contribution in [0.2, 0.25) is 0 Å². The summed E-state index contributed by atoms with van der Waals surface area (Å²) < 4.78 is 22.0. The lowest BCUT2D eigenvalue weighted by Gasteiger charge is -2.34. The molecule has 2 aliphatic rings. The Morgan fingerprint density at radius 2 is 0.883 bits per heavy atom. The van der Waals surface area contributed by atoms with Crippen molar-refractivity contribution >= 4 is 108 Å². The van der Waals surface area contributed by atoms with Gasteiger partial charge in [0.05, 0.1) is 16.7 Å². The summed E-state index contributed by atoms with van der Waals surface area (Å²) in [5.41, 5.74) is 11.3. The maximum absolute atomic E-state index is 7.12. The molecule has 14 rings (SSSR count). The molecule has 0 N–H and O–H groups in total. The van der Waals surface area contributed by atoms with Crippen LogP contribution >= 0.6 is 22.7 Å². The standard InChI is InChI=1S/C54H30BNO2S2/c1-3-13-31(14-4-1)33-23-25-39-42(27-33)57-44-29-35(30-45-51(44)55(39)40-26-24-34(28-43(40)58-45)32-15-5-2-6-16-32)56-41-20-10-7-17-36(41)48-52(56)49-37-18-8-11-21-46(37)59-54(49)50-38-19-9-12-22-47(38)60-53(48)50/h1-30H. The summed E-state index contributed by atoms with van der Waals surface area (Å²) in [6, 6.07) is 65.8. The molecule has 0 saturated carbocycles. The molecule has 0 fully saturated rings. The molecule has 6 heteroatoms. The van der Waals surface area contributed by atoms with Gasteiger partial charge in [-0.15, -0.1) is 22.7 Å². The lowest BCUT2D eigenvalue weighted by molar-refractivity contribution is 0.464. The smallest absolute Gasteiger partial charge is 0.260 e. The molecule has 5 heterocycles. The first-order chi connectivity index (χ1) is 29.7. The van der Waals surface area contributed by atoms with Crippen molar-refractivity contribution in [2.24, 2.45) is 0 Å². The largest absolute Gasteiger partial charge is 0.458 e. The van der Waals surface area contributed by atoms with E-state index in [-0.39, 0.29) is 6.71 Å². The molecular formula is C54H30BNO2S2. The maximum Gasteiger partial charge on any atom is 0.260 e. The van der Waals surface area contributed by atoms with Crippen molar-refractivity contribution in [3.8, 4) is 50.9 Å².